The van der Waals surface area contributed by atoms with Crippen molar-refractivity contribution in [2.45, 2.75) is 0 Å². The van der Waals surface area contributed by atoms with Gasteiger partial charge < -0.3 is 0 Å². The van der Waals surface area contributed by atoms with Crippen molar-refractivity contribution in [1.82, 2.24) is 17.3 Å². The van der Waals surface area contributed by atoms with Crippen LogP contribution in [0.25, 0.3) is 55.4 Å². The Balaban J connectivity index is 1.53. The zero-order valence-electron chi connectivity index (χ0n) is 26.2. The van der Waals surface area contributed by atoms with E-state index in [1.54, 1.807) is 0 Å². The van der Waals surface area contributed by atoms with Gasteiger partial charge in [0.15, 0.2) is 0 Å². The van der Waals surface area contributed by atoms with Gasteiger partial charge in [0, 0.05) is 10.6 Å². The highest BCUT2D eigenvalue weighted by molar-refractivity contribution is 7.52. The molecule has 0 saturated carbocycles. The monoisotopic (exact) mass is 654 g/mol. The summed E-state index contributed by atoms with van der Waals surface area (Å²) in [6.45, 7) is 0. The minimum atomic E-state index is -1.01. The molecule has 0 aliphatic heterocycles. The zero-order valence-corrected chi connectivity index (χ0v) is 27.9. The van der Waals surface area contributed by atoms with E-state index in [4.69, 9.17) is 0 Å². The van der Waals surface area contributed by atoms with Gasteiger partial charge in [-0.25, -0.2) is 0 Å². The maximum atomic E-state index is 2.58. The molecule has 0 radical (unpaired) electrons. The molecule has 0 N–H and O–H groups in total. The SMILES string of the molecule is c1ccc(-n2c3cc4c(cc3n(-c3ccccc3)p2-c2ccccc2)n(-c2ccccc2)p(-c2ccccc2)n4-c2ccccc2)cc1. The average molecular weight is 655 g/mol. The second-order valence-electron chi connectivity index (χ2n) is 11.7. The number of fused-ring (bicyclic) bond motifs is 2. The molecule has 0 aliphatic rings. The summed E-state index contributed by atoms with van der Waals surface area (Å²) in [4.78, 5) is 0. The molecule has 0 amide bonds. The van der Waals surface area contributed by atoms with Crippen LogP contribution in [0.1, 0.15) is 0 Å². The lowest BCUT2D eigenvalue weighted by Crippen LogP contribution is -1.94. The fourth-order valence-electron chi connectivity index (χ4n) is 6.68. The molecule has 0 unspecified atom stereocenters. The Hall–Kier alpha value is -5.66. The molecule has 6 heteroatoms. The summed E-state index contributed by atoms with van der Waals surface area (Å²) in [5, 5.41) is 2.59. The van der Waals surface area contributed by atoms with Crippen LogP contribution in [-0.4, -0.2) is 17.3 Å². The van der Waals surface area contributed by atoms with Crippen LogP contribution in [0.15, 0.2) is 194 Å². The van der Waals surface area contributed by atoms with E-state index in [-0.39, 0.29) is 0 Å². The quantitative estimate of drug-likeness (QED) is 0.170. The first kappa shape index (κ1) is 28.6. The molecule has 2 heterocycles. The van der Waals surface area contributed by atoms with Gasteiger partial charge in [-0.15, -0.1) is 0 Å². The number of benzene rings is 7. The van der Waals surface area contributed by atoms with Crippen LogP contribution in [0.5, 0.6) is 0 Å². The van der Waals surface area contributed by atoms with Crippen LogP contribution in [0.3, 0.4) is 0 Å². The summed E-state index contributed by atoms with van der Waals surface area (Å²) in [5.41, 5.74) is 9.55. The number of hydrogen-bond donors (Lipinski definition) is 0. The summed E-state index contributed by atoms with van der Waals surface area (Å²) in [6, 6.07) is 70.4. The second kappa shape index (κ2) is 12.2. The maximum Gasteiger partial charge on any atom is 0.0773 e. The Labute approximate surface area is 281 Å². The van der Waals surface area contributed by atoms with Gasteiger partial charge in [0.25, 0.3) is 0 Å². The zero-order chi connectivity index (χ0) is 31.9. The Kier molecular flexibility index (Phi) is 7.24. The smallest absolute Gasteiger partial charge is 0.0773 e. The molecule has 0 aliphatic carbocycles. The highest BCUT2D eigenvalue weighted by Crippen LogP contribution is 2.52. The summed E-state index contributed by atoms with van der Waals surface area (Å²) in [7, 11) is -2.02. The topological polar surface area (TPSA) is 19.7 Å². The van der Waals surface area contributed by atoms with E-state index >= 15 is 0 Å². The van der Waals surface area contributed by atoms with Crippen molar-refractivity contribution in [3.05, 3.63) is 194 Å². The van der Waals surface area contributed by atoms with Crippen molar-refractivity contribution in [1.29, 1.82) is 0 Å². The second-order valence-corrected chi connectivity index (χ2v) is 15.5. The number of para-hydroxylation sites is 4. The molecule has 9 rings (SSSR count). The van der Waals surface area contributed by atoms with Crippen molar-refractivity contribution in [3.8, 4) is 33.4 Å². The van der Waals surface area contributed by atoms with Crippen molar-refractivity contribution in [2.75, 3.05) is 0 Å². The number of nitrogens with zero attached hydrogens (tertiary/aromatic N) is 4. The average Bonchev–Trinajstić information content (AvgIpc) is 3.69. The van der Waals surface area contributed by atoms with Crippen LogP contribution in [0.2, 0.25) is 0 Å². The van der Waals surface area contributed by atoms with E-state index in [2.05, 4.69) is 211 Å². The predicted molar refractivity (Wildman–Crippen MR) is 204 cm³/mol. The van der Waals surface area contributed by atoms with E-state index in [1.165, 1.54) is 55.4 Å². The lowest BCUT2D eigenvalue weighted by atomic mass is 10.2. The summed E-state index contributed by atoms with van der Waals surface area (Å²) < 4.78 is 10.3. The number of hydrogen-bond acceptors (Lipinski definition) is 0. The third-order valence-corrected chi connectivity index (χ3v) is 13.5. The molecule has 7 aromatic carbocycles. The van der Waals surface area contributed by atoms with Gasteiger partial charge in [-0.3, -0.25) is 17.3 Å². The van der Waals surface area contributed by atoms with Crippen molar-refractivity contribution < 1.29 is 0 Å². The Morgan fingerprint density at radius 3 is 0.688 bits per heavy atom. The molecular formula is C42H32N4P2. The van der Waals surface area contributed by atoms with Gasteiger partial charge in [-0.1, -0.05) is 109 Å². The minimum Gasteiger partial charge on any atom is -0.281 e. The van der Waals surface area contributed by atoms with E-state index in [0.717, 1.165) is 0 Å². The van der Waals surface area contributed by atoms with E-state index in [1.807, 2.05) is 0 Å². The summed E-state index contributed by atoms with van der Waals surface area (Å²) in [5.74, 6) is 0. The van der Waals surface area contributed by atoms with Crippen molar-refractivity contribution in [2.24, 2.45) is 0 Å². The highest BCUT2D eigenvalue weighted by atomic mass is 31.1. The Morgan fingerprint density at radius 1 is 0.250 bits per heavy atom. The van der Waals surface area contributed by atoms with Gasteiger partial charge >= 0.3 is 0 Å². The van der Waals surface area contributed by atoms with Crippen LogP contribution >= 0.6 is 15.7 Å². The van der Waals surface area contributed by atoms with E-state index in [9.17, 15) is 0 Å². The molecule has 4 nitrogen and oxygen atoms in total. The van der Waals surface area contributed by atoms with Gasteiger partial charge in [0.05, 0.1) is 60.5 Å². The van der Waals surface area contributed by atoms with E-state index in [0.29, 0.717) is 0 Å². The van der Waals surface area contributed by atoms with Gasteiger partial charge in [0.2, 0.25) is 0 Å². The Bertz CT molecular complexity index is 2200. The van der Waals surface area contributed by atoms with Gasteiger partial charge in [0.1, 0.15) is 0 Å². The molecule has 0 bridgehead atoms. The third kappa shape index (κ3) is 4.78. The van der Waals surface area contributed by atoms with Crippen LogP contribution < -0.4 is 0 Å². The first-order chi connectivity index (χ1) is 23.9. The highest BCUT2D eigenvalue weighted by Gasteiger charge is 2.25. The fourth-order valence-corrected chi connectivity index (χ4v) is 11.7. The minimum absolute atomic E-state index is 1.01. The molecule has 0 atom stereocenters. The largest absolute Gasteiger partial charge is 0.281 e. The molecule has 9 aromatic rings. The van der Waals surface area contributed by atoms with Crippen LogP contribution in [0.4, 0.5) is 0 Å². The first-order valence-corrected chi connectivity index (χ1v) is 18.6. The fraction of sp³-hybridized carbons (Fsp3) is 0. The maximum absolute atomic E-state index is 2.58. The van der Waals surface area contributed by atoms with Crippen molar-refractivity contribution in [3.63, 3.8) is 0 Å². The van der Waals surface area contributed by atoms with Gasteiger partial charge in [-0.05, 0) is 84.9 Å². The van der Waals surface area contributed by atoms with E-state index < -0.39 is 15.7 Å². The number of rotatable bonds is 6. The van der Waals surface area contributed by atoms with Crippen molar-refractivity contribution >= 4 is 37.8 Å². The standard InChI is InChI=1S/C42H32N4P2/c1-7-19-33(20-8-1)43-39-31-41-42(32-40(39)44(34-21-9-2-10-22-34)47(43)37-27-15-5-16-28-37)46(36-25-13-4-14-26-36)48(38-29-17-6-18-30-38)45(41)35-23-11-3-12-24-35/h1-32H. The molecule has 2 aromatic heterocycles. The molecule has 48 heavy (non-hydrogen) atoms. The first-order valence-electron chi connectivity index (χ1n) is 16.2. The molecule has 230 valence electrons. The van der Waals surface area contributed by atoms with Gasteiger partial charge in [-0.2, -0.15) is 0 Å². The summed E-state index contributed by atoms with van der Waals surface area (Å²) >= 11 is 0. The molecule has 0 fully saturated rings. The molecular weight excluding hydrogens is 622 g/mol. The lowest BCUT2D eigenvalue weighted by Gasteiger charge is -2.15. The normalized spacial score (nSPS) is 11.3. The predicted octanol–water partition coefficient (Wildman–Crippen LogP) is 12.2. The number of aromatic nitrogens is 4. The third-order valence-electron chi connectivity index (χ3n) is 8.72. The van der Waals surface area contributed by atoms with Crippen LogP contribution in [-0.2, 0) is 0 Å². The molecule has 0 spiro atoms. The summed E-state index contributed by atoms with van der Waals surface area (Å²) in [6.07, 6.45) is 0. The Morgan fingerprint density at radius 2 is 0.458 bits per heavy atom. The lowest BCUT2D eigenvalue weighted by molar-refractivity contribution is 1.22. The van der Waals surface area contributed by atoms with Crippen LogP contribution in [0, 0.1) is 0 Å². The molecule has 0 saturated heterocycles.